The van der Waals surface area contributed by atoms with Gasteiger partial charge in [0.2, 0.25) is 0 Å². The Balaban J connectivity index is 2.03. The predicted octanol–water partition coefficient (Wildman–Crippen LogP) is 0.777. The van der Waals surface area contributed by atoms with Crippen molar-refractivity contribution in [2.45, 2.75) is 18.4 Å². The number of rotatable bonds is 2. The van der Waals surface area contributed by atoms with Crippen molar-refractivity contribution in [3.8, 4) is 5.75 Å². The van der Waals surface area contributed by atoms with Crippen molar-refractivity contribution in [3.63, 3.8) is 0 Å². The minimum atomic E-state index is -3.06. The fourth-order valence-electron chi connectivity index (χ4n) is 3.24. The molecule has 0 aromatic heterocycles. The maximum absolute atomic E-state index is 12.1. The van der Waals surface area contributed by atoms with E-state index < -0.39 is 15.4 Å². The van der Waals surface area contributed by atoms with Crippen molar-refractivity contribution in [1.82, 2.24) is 0 Å². The highest BCUT2D eigenvalue weighted by atomic mass is 32.2. The van der Waals surface area contributed by atoms with Gasteiger partial charge >= 0.3 is 0 Å². The summed E-state index contributed by atoms with van der Waals surface area (Å²) in [4.78, 5) is 6.17. The fourth-order valence-corrected chi connectivity index (χ4v) is 5.16. The molecular weight excluding hydrogens is 290 g/mol. The second-order valence-corrected chi connectivity index (χ2v) is 7.82. The topological polar surface area (TPSA) is 85.0 Å². The molecule has 1 fully saturated rings. The third-order valence-electron chi connectivity index (χ3n) is 4.14. The number of ether oxygens (including phenoxy) is 1. The lowest BCUT2D eigenvalue weighted by Gasteiger charge is -2.41. The van der Waals surface area contributed by atoms with Crippen molar-refractivity contribution < 1.29 is 13.2 Å². The lowest BCUT2D eigenvalue weighted by atomic mass is 9.93. The zero-order valence-corrected chi connectivity index (χ0v) is 12.8. The van der Waals surface area contributed by atoms with Gasteiger partial charge in [-0.3, -0.25) is 4.99 Å². The molecule has 0 aliphatic carbocycles. The summed E-state index contributed by atoms with van der Waals surface area (Å²) in [6.07, 6.45) is 1.42. The molecule has 1 aromatic carbocycles. The Labute approximate surface area is 124 Å². The normalized spacial score (nSPS) is 27.7. The Hall–Kier alpha value is -1.76. The Kier molecular flexibility index (Phi) is 3.32. The van der Waals surface area contributed by atoms with Gasteiger partial charge in [0.15, 0.2) is 15.8 Å². The van der Waals surface area contributed by atoms with Crippen LogP contribution >= 0.6 is 0 Å². The zero-order chi connectivity index (χ0) is 15.1. The predicted molar refractivity (Wildman–Crippen MR) is 82.6 cm³/mol. The van der Waals surface area contributed by atoms with E-state index in [0.29, 0.717) is 24.7 Å². The van der Waals surface area contributed by atoms with Crippen LogP contribution in [0, 0.1) is 0 Å². The van der Waals surface area contributed by atoms with Crippen LogP contribution in [0.1, 0.15) is 12.8 Å². The molecule has 1 saturated heterocycles. The number of benzene rings is 1. The summed E-state index contributed by atoms with van der Waals surface area (Å²) < 4.78 is 29.4. The molecule has 1 spiro atoms. The summed E-state index contributed by atoms with van der Waals surface area (Å²) in [5, 5.41) is 0. The number of hydrogen-bond acceptors (Lipinski definition) is 6. The highest BCUT2D eigenvalue weighted by Crippen LogP contribution is 2.37. The van der Waals surface area contributed by atoms with Crippen LogP contribution < -0.4 is 15.4 Å². The fraction of sp³-hybridized carbons (Fsp3) is 0.500. The van der Waals surface area contributed by atoms with Gasteiger partial charge < -0.3 is 15.4 Å². The molecule has 6 nitrogen and oxygen atoms in total. The maximum Gasteiger partial charge on any atom is 0.196 e. The number of aliphatic imine (C=N–C) groups is 1. The molecule has 3 rings (SSSR count). The zero-order valence-electron chi connectivity index (χ0n) is 11.9. The molecule has 1 aromatic rings. The molecule has 21 heavy (non-hydrogen) atoms. The lowest BCUT2D eigenvalue weighted by Crippen LogP contribution is -2.58. The Bertz CT molecular complexity index is 686. The first-order valence-corrected chi connectivity index (χ1v) is 8.73. The summed E-state index contributed by atoms with van der Waals surface area (Å²) in [6.45, 7) is 0.426. The molecule has 1 unspecified atom stereocenters. The number of methoxy groups -OCH3 is 1. The van der Waals surface area contributed by atoms with Gasteiger partial charge in [-0.05, 0) is 25.0 Å². The van der Waals surface area contributed by atoms with E-state index in [1.807, 2.05) is 29.2 Å². The van der Waals surface area contributed by atoms with Gasteiger partial charge in [-0.15, -0.1) is 0 Å². The van der Waals surface area contributed by atoms with Gasteiger partial charge in [0.05, 0.1) is 30.7 Å². The number of guanidine groups is 1. The van der Waals surface area contributed by atoms with Crippen LogP contribution in [0.25, 0.3) is 0 Å². The van der Waals surface area contributed by atoms with Gasteiger partial charge in [0.1, 0.15) is 5.75 Å². The standard InChI is InChI=1S/C14H19N3O3S/c1-20-12-5-2-4-11(8-12)17-13(15)16-9-14(17)6-3-7-21(18,19)10-14/h2,4-5,8H,3,6-7,9-10H2,1H3,(H2,15,16). The van der Waals surface area contributed by atoms with Crippen molar-refractivity contribution in [2.24, 2.45) is 10.7 Å². The highest BCUT2D eigenvalue weighted by Gasteiger charge is 2.48. The van der Waals surface area contributed by atoms with E-state index in [-0.39, 0.29) is 11.5 Å². The number of sulfone groups is 1. The van der Waals surface area contributed by atoms with Gasteiger partial charge in [-0.2, -0.15) is 0 Å². The smallest absolute Gasteiger partial charge is 0.196 e. The average Bonchev–Trinajstić information content (AvgIpc) is 2.74. The molecule has 0 radical (unpaired) electrons. The van der Waals surface area contributed by atoms with Crippen LogP contribution in [0.5, 0.6) is 5.75 Å². The monoisotopic (exact) mass is 309 g/mol. The molecule has 1 atom stereocenters. The summed E-state index contributed by atoms with van der Waals surface area (Å²) in [5.41, 5.74) is 6.31. The van der Waals surface area contributed by atoms with E-state index >= 15 is 0 Å². The highest BCUT2D eigenvalue weighted by molar-refractivity contribution is 7.91. The second-order valence-electron chi connectivity index (χ2n) is 5.63. The van der Waals surface area contributed by atoms with Crippen molar-refractivity contribution >= 4 is 21.5 Å². The van der Waals surface area contributed by atoms with Crippen LogP contribution in [-0.2, 0) is 9.84 Å². The average molecular weight is 309 g/mol. The Morgan fingerprint density at radius 2 is 2.24 bits per heavy atom. The molecule has 0 amide bonds. The first-order chi connectivity index (χ1) is 9.96. The Morgan fingerprint density at radius 3 is 2.95 bits per heavy atom. The number of anilines is 1. The van der Waals surface area contributed by atoms with E-state index in [9.17, 15) is 8.42 Å². The van der Waals surface area contributed by atoms with Crippen LogP contribution in [0.3, 0.4) is 0 Å². The third-order valence-corrected chi connectivity index (χ3v) is 6.02. The maximum atomic E-state index is 12.1. The molecule has 2 heterocycles. The van der Waals surface area contributed by atoms with Crippen molar-refractivity contribution in [3.05, 3.63) is 24.3 Å². The van der Waals surface area contributed by atoms with Gasteiger partial charge in [-0.25, -0.2) is 8.42 Å². The van der Waals surface area contributed by atoms with E-state index in [1.54, 1.807) is 7.11 Å². The lowest BCUT2D eigenvalue weighted by molar-refractivity contribution is 0.413. The number of hydrogen-bond donors (Lipinski definition) is 1. The summed E-state index contributed by atoms with van der Waals surface area (Å²) >= 11 is 0. The molecule has 2 N–H and O–H groups in total. The van der Waals surface area contributed by atoms with Gasteiger partial charge in [0.25, 0.3) is 0 Å². The molecule has 0 bridgehead atoms. The third kappa shape index (κ3) is 2.46. The van der Waals surface area contributed by atoms with Gasteiger partial charge in [-0.1, -0.05) is 6.07 Å². The van der Waals surface area contributed by atoms with Crippen molar-refractivity contribution in [2.75, 3.05) is 30.1 Å². The minimum absolute atomic E-state index is 0.0986. The summed E-state index contributed by atoms with van der Waals surface area (Å²) in [6, 6.07) is 7.47. The summed E-state index contributed by atoms with van der Waals surface area (Å²) in [7, 11) is -1.46. The SMILES string of the molecule is COc1cccc(N2C(N)=NCC23CCCS(=O)(=O)C3)c1. The van der Waals surface area contributed by atoms with E-state index in [1.165, 1.54) is 0 Å². The van der Waals surface area contributed by atoms with E-state index in [2.05, 4.69) is 4.99 Å². The summed E-state index contributed by atoms with van der Waals surface area (Å²) in [5.74, 6) is 1.43. The minimum Gasteiger partial charge on any atom is -0.497 e. The Morgan fingerprint density at radius 1 is 1.43 bits per heavy atom. The number of nitrogens with two attached hydrogens (primary N) is 1. The van der Waals surface area contributed by atoms with Crippen LogP contribution in [0.4, 0.5) is 5.69 Å². The first-order valence-electron chi connectivity index (χ1n) is 6.90. The quantitative estimate of drug-likeness (QED) is 0.872. The molecule has 114 valence electrons. The molecule has 2 aliphatic heterocycles. The van der Waals surface area contributed by atoms with E-state index in [0.717, 1.165) is 12.1 Å². The van der Waals surface area contributed by atoms with Crippen molar-refractivity contribution in [1.29, 1.82) is 0 Å². The molecular formula is C14H19N3O3S. The van der Waals surface area contributed by atoms with Crippen LogP contribution in [0.2, 0.25) is 0 Å². The largest absolute Gasteiger partial charge is 0.497 e. The van der Waals surface area contributed by atoms with Crippen LogP contribution in [0.15, 0.2) is 29.3 Å². The molecule has 2 aliphatic rings. The first kappa shape index (κ1) is 14.2. The van der Waals surface area contributed by atoms with E-state index in [4.69, 9.17) is 10.5 Å². The van der Waals surface area contributed by atoms with Crippen LogP contribution in [-0.4, -0.2) is 45.1 Å². The van der Waals surface area contributed by atoms with Gasteiger partial charge in [0, 0.05) is 11.8 Å². The molecule has 0 saturated carbocycles. The molecule has 7 heteroatoms. The number of nitrogens with zero attached hydrogens (tertiary/aromatic N) is 2. The second kappa shape index (κ2) is 4.91.